The largest absolute Gasteiger partial charge is 0.494 e. The summed E-state index contributed by atoms with van der Waals surface area (Å²) in [6.07, 6.45) is 1.13. The van der Waals surface area contributed by atoms with E-state index in [9.17, 15) is 13.6 Å². The predicted molar refractivity (Wildman–Crippen MR) is 128 cm³/mol. The lowest BCUT2D eigenvalue weighted by Crippen LogP contribution is -2.31. The highest BCUT2D eigenvalue weighted by Crippen LogP contribution is 2.25. The number of hydrogen-bond acceptors (Lipinski definition) is 5. The molecule has 180 valence electrons. The molecule has 1 saturated heterocycles. The Bertz CT molecular complexity index is 1190. The molecule has 0 radical (unpaired) electrons. The van der Waals surface area contributed by atoms with Gasteiger partial charge in [0.15, 0.2) is 22.2 Å². The van der Waals surface area contributed by atoms with Crippen LogP contribution in [-0.4, -0.2) is 46.9 Å². The third-order valence-electron chi connectivity index (χ3n) is 5.89. The number of amides is 1. The average molecular weight is 488 g/mol. The number of hydrogen-bond donors (Lipinski definition) is 2. The predicted octanol–water partition coefficient (Wildman–Crippen LogP) is 4.32. The molecule has 0 saturated carbocycles. The first-order chi connectivity index (χ1) is 16.4. The van der Waals surface area contributed by atoms with Crippen molar-refractivity contribution >= 4 is 23.8 Å². The van der Waals surface area contributed by atoms with Crippen molar-refractivity contribution in [2.24, 2.45) is 5.92 Å². The summed E-state index contributed by atoms with van der Waals surface area (Å²) in [7, 11) is 0. The van der Waals surface area contributed by atoms with Gasteiger partial charge in [0.1, 0.15) is 5.75 Å². The summed E-state index contributed by atoms with van der Waals surface area (Å²) >= 11 is 5.35. The molecule has 3 aromatic rings. The molecule has 0 bridgehead atoms. The fourth-order valence-corrected chi connectivity index (χ4v) is 4.31. The lowest BCUT2D eigenvalue weighted by molar-refractivity contribution is -0.121. The normalized spacial score (nSPS) is 15.5. The van der Waals surface area contributed by atoms with Crippen molar-refractivity contribution in [2.45, 2.75) is 26.3 Å². The maximum absolute atomic E-state index is 13.5. The van der Waals surface area contributed by atoms with Crippen LogP contribution in [0.4, 0.5) is 14.5 Å². The van der Waals surface area contributed by atoms with Crippen LogP contribution >= 0.6 is 12.2 Å². The van der Waals surface area contributed by atoms with E-state index in [1.54, 1.807) is 6.07 Å². The third-order valence-corrected chi connectivity index (χ3v) is 6.20. The molecule has 34 heavy (non-hydrogen) atoms. The van der Waals surface area contributed by atoms with Crippen molar-refractivity contribution in [3.8, 4) is 17.1 Å². The van der Waals surface area contributed by atoms with Gasteiger partial charge in [-0.05, 0) is 67.9 Å². The number of nitrogens with one attached hydrogen (secondary N) is 2. The van der Waals surface area contributed by atoms with E-state index in [1.165, 1.54) is 6.07 Å². The minimum atomic E-state index is -0.852. The lowest BCUT2D eigenvalue weighted by Gasteiger charge is -2.19. The molecular formula is C24H27F2N5O2S. The number of halogens is 2. The van der Waals surface area contributed by atoms with Crippen molar-refractivity contribution in [3.63, 3.8) is 0 Å². The molecule has 2 heterocycles. The second-order valence-corrected chi connectivity index (χ2v) is 8.60. The molecule has 10 heteroatoms. The van der Waals surface area contributed by atoms with E-state index in [-0.39, 0.29) is 18.2 Å². The summed E-state index contributed by atoms with van der Waals surface area (Å²) in [6.45, 7) is 4.87. The van der Waals surface area contributed by atoms with Gasteiger partial charge in [-0.15, -0.1) is 0 Å². The second-order valence-electron chi connectivity index (χ2n) is 8.21. The summed E-state index contributed by atoms with van der Waals surface area (Å²) < 4.78 is 34.4. The van der Waals surface area contributed by atoms with Crippen molar-refractivity contribution in [2.75, 3.05) is 31.1 Å². The molecule has 1 aliphatic rings. The van der Waals surface area contributed by atoms with Gasteiger partial charge < -0.3 is 15.0 Å². The Balaban J connectivity index is 1.28. The van der Waals surface area contributed by atoms with Crippen molar-refractivity contribution in [1.82, 2.24) is 20.1 Å². The van der Waals surface area contributed by atoms with Gasteiger partial charge >= 0.3 is 0 Å². The molecule has 7 nitrogen and oxygen atoms in total. The fraction of sp³-hybridized carbons (Fsp3) is 0.375. The first-order valence-electron chi connectivity index (χ1n) is 11.3. The smallest absolute Gasteiger partial charge is 0.221 e. The molecule has 1 atom stereocenters. The highest BCUT2D eigenvalue weighted by molar-refractivity contribution is 7.71. The average Bonchev–Trinajstić information content (AvgIpc) is 3.45. The monoisotopic (exact) mass is 487 g/mol. The van der Waals surface area contributed by atoms with E-state index < -0.39 is 11.6 Å². The van der Waals surface area contributed by atoms with E-state index in [0.29, 0.717) is 42.5 Å². The first-order valence-corrected chi connectivity index (χ1v) is 11.7. The van der Waals surface area contributed by atoms with Gasteiger partial charge in [0, 0.05) is 49.9 Å². The van der Waals surface area contributed by atoms with Crippen molar-refractivity contribution in [1.29, 1.82) is 0 Å². The zero-order chi connectivity index (χ0) is 24.1. The Hall–Kier alpha value is -3.27. The Morgan fingerprint density at radius 3 is 2.76 bits per heavy atom. The topological polar surface area (TPSA) is 75.2 Å². The molecule has 0 spiro atoms. The Labute approximate surface area is 201 Å². The van der Waals surface area contributed by atoms with E-state index in [2.05, 4.69) is 15.5 Å². The summed E-state index contributed by atoms with van der Waals surface area (Å²) in [5.41, 5.74) is 1.53. The van der Waals surface area contributed by atoms with Gasteiger partial charge in [-0.25, -0.2) is 8.78 Å². The van der Waals surface area contributed by atoms with E-state index in [0.717, 1.165) is 30.3 Å². The number of carbonyl (C=O) groups excluding carboxylic acids is 1. The maximum Gasteiger partial charge on any atom is 0.221 e. The number of carbonyl (C=O) groups is 1. The number of aromatic amines is 1. The first kappa shape index (κ1) is 23.9. The summed E-state index contributed by atoms with van der Waals surface area (Å²) in [6, 6.07) is 11.5. The van der Waals surface area contributed by atoms with Crippen LogP contribution in [0.15, 0.2) is 42.5 Å². The van der Waals surface area contributed by atoms with Crippen molar-refractivity contribution < 1.29 is 18.3 Å². The SMILES string of the molecule is CCOc1ccc(-c2n[nH]c(=S)n2CCC(=O)NCC2CCN(c3ccc(F)c(F)c3)C2)cc1. The quantitative estimate of drug-likeness (QED) is 0.440. The fourth-order valence-electron chi connectivity index (χ4n) is 4.09. The number of nitrogens with zero attached hydrogens (tertiary/aromatic N) is 3. The van der Waals surface area contributed by atoms with Crippen LogP contribution in [0.3, 0.4) is 0 Å². The third kappa shape index (κ3) is 5.61. The van der Waals surface area contributed by atoms with Gasteiger partial charge in [0.2, 0.25) is 5.91 Å². The molecule has 1 unspecified atom stereocenters. The highest BCUT2D eigenvalue weighted by Gasteiger charge is 2.24. The van der Waals surface area contributed by atoms with E-state index in [1.807, 2.05) is 40.7 Å². The molecule has 2 N–H and O–H groups in total. The van der Waals surface area contributed by atoms with Crippen LogP contribution < -0.4 is 15.0 Å². The zero-order valence-electron chi connectivity index (χ0n) is 18.9. The minimum absolute atomic E-state index is 0.0768. The Morgan fingerprint density at radius 1 is 1.24 bits per heavy atom. The van der Waals surface area contributed by atoms with Gasteiger partial charge in [-0.3, -0.25) is 14.5 Å². The van der Waals surface area contributed by atoms with Gasteiger partial charge in [0.05, 0.1) is 6.61 Å². The summed E-state index contributed by atoms with van der Waals surface area (Å²) in [4.78, 5) is 14.5. The number of benzene rings is 2. The highest BCUT2D eigenvalue weighted by atomic mass is 32.1. The number of ether oxygens (including phenoxy) is 1. The lowest BCUT2D eigenvalue weighted by atomic mass is 10.1. The van der Waals surface area contributed by atoms with Crippen LogP contribution in [0.25, 0.3) is 11.4 Å². The van der Waals surface area contributed by atoms with E-state index in [4.69, 9.17) is 17.0 Å². The van der Waals surface area contributed by atoms with Crippen LogP contribution in [0.5, 0.6) is 5.75 Å². The van der Waals surface area contributed by atoms with Gasteiger partial charge in [-0.2, -0.15) is 5.10 Å². The Morgan fingerprint density at radius 2 is 2.03 bits per heavy atom. The van der Waals surface area contributed by atoms with Gasteiger partial charge in [0.25, 0.3) is 0 Å². The van der Waals surface area contributed by atoms with Crippen molar-refractivity contribution in [3.05, 3.63) is 58.9 Å². The van der Waals surface area contributed by atoms with Crippen LogP contribution in [-0.2, 0) is 11.3 Å². The molecule has 2 aromatic carbocycles. The standard InChI is InChI=1S/C24H27F2N5O2S/c1-2-33-19-6-3-17(4-7-19)23-28-29-24(34)31(23)12-10-22(32)27-14-16-9-11-30(15-16)18-5-8-20(25)21(26)13-18/h3-8,13,16H,2,9-12,14-15H2,1H3,(H,27,32)(H,29,34). The molecule has 0 aliphatic carbocycles. The zero-order valence-corrected chi connectivity index (χ0v) is 19.7. The number of aromatic nitrogens is 3. The number of rotatable bonds is 9. The molecule has 1 amide bonds. The summed E-state index contributed by atoms with van der Waals surface area (Å²) in [5, 5.41) is 10.1. The molecule has 1 fully saturated rings. The Kier molecular flexibility index (Phi) is 7.56. The minimum Gasteiger partial charge on any atom is -0.494 e. The van der Waals surface area contributed by atoms with Crippen LogP contribution in [0, 0.1) is 22.3 Å². The molecule has 1 aromatic heterocycles. The van der Waals surface area contributed by atoms with E-state index >= 15 is 0 Å². The van der Waals surface area contributed by atoms with Gasteiger partial charge in [-0.1, -0.05) is 0 Å². The molecule has 4 rings (SSSR count). The molecular weight excluding hydrogens is 460 g/mol. The summed E-state index contributed by atoms with van der Waals surface area (Å²) in [5.74, 6) is -0.0911. The number of anilines is 1. The maximum atomic E-state index is 13.5. The van der Waals surface area contributed by atoms with Crippen LogP contribution in [0.1, 0.15) is 19.8 Å². The van der Waals surface area contributed by atoms with Crippen LogP contribution in [0.2, 0.25) is 0 Å². The number of H-pyrrole nitrogens is 1. The molecule has 1 aliphatic heterocycles. The second kappa shape index (κ2) is 10.8.